The molecule has 33 heavy (non-hydrogen) atoms. The number of carbonyl (C=O) groups is 1. The number of aryl methyl sites for hydroxylation is 2. The second-order valence-corrected chi connectivity index (χ2v) is 8.90. The minimum absolute atomic E-state index is 0.0906. The number of anilines is 1. The standard InChI is InChI=1S/C25H25N5O2S/c1-16-6-5-7-17(2)22(16)27-24(31)18(3)33-25-29-28-23(19-12-14-26-15-13-19)30(25)20-8-10-21(32-4)11-9-20/h5-15,18H,1-4H3,(H,27,31). The van der Waals surface area contributed by atoms with Crippen LogP contribution >= 0.6 is 11.8 Å². The van der Waals surface area contributed by atoms with E-state index in [0.717, 1.165) is 33.8 Å². The number of hydrogen-bond donors (Lipinski definition) is 1. The normalized spacial score (nSPS) is 11.8. The summed E-state index contributed by atoms with van der Waals surface area (Å²) in [6.45, 7) is 5.84. The number of pyridine rings is 1. The highest BCUT2D eigenvalue weighted by atomic mass is 32.2. The van der Waals surface area contributed by atoms with Crippen molar-refractivity contribution in [3.05, 3.63) is 78.1 Å². The number of nitrogens with zero attached hydrogens (tertiary/aromatic N) is 4. The lowest BCUT2D eigenvalue weighted by atomic mass is 10.1. The lowest BCUT2D eigenvalue weighted by molar-refractivity contribution is -0.115. The molecule has 8 heteroatoms. The van der Waals surface area contributed by atoms with Crippen molar-refractivity contribution in [1.29, 1.82) is 0 Å². The summed E-state index contributed by atoms with van der Waals surface area (Å²) in [7, 11) is 1.63. The molecule has 2 heterocycles. The number of amides is 1. The van der Waals surface area contributed by atoms with Gasteiger partial charge in [-0.1, -0.05) is 30.0 Å². The van der Waals surface area contributed by atoms with Gasteiger partial charge < -0.3 is 10.1 Å². The van der Waals surface area contributed by atoms with Crippen LogP contribution in [0.2, 0.25) is 0 Å². The van der Waals surface area contributed by atoms with Gasteiger partial charge in [0.15, 0.2) is 11.0 Å². The fourth-order valence-corrected chi connectivity index (χ4v) is 4.31. The van der Waals surface area contributed by atoms with Crippen LogP contribution in [-0.2, 0) is 4.79 Å². The van der Waals surface area contributed by atoms with Gasteiger partial charge in [-0.2, -0.15) is 0 Å². The topological polar surface area (TPSA) is 81.9 Å². The Morgan fingerprint density at radius 3 is 2.30 bits per heavy atom. The van der Waals surface area contributed by atoms with Gasteiger partial charge in [0, 0.05) is 29.3 Å². The molecule has 0 aliphatic heterocycles. The van der Waals surface area contributed by atoms with Gasteiger partial charge in [-0.15, -0.1) is 10.2 Å². The Morgan fingerprint density at radius 1 is 1.00 bits per heavy atom. The Hall–Kier alpha value is -3.65. The number of ether oxygens (including phenoxy) is 1. The SMILES string of the molecule is COc1ccc(-n2c(SC(C)C(=O)Nc3c(C)cccc3C)nnc2-c2ccncc2)cc1. The van der Waals surface area contributed by atoms with Crippen molar-refractivity contribution in [3.63, 3.8) is 0 Å². The number of methoxy groups -OCH3 is 1. The molecule has 0 saturated carbocycles. The molecule has 0 aliphatic carbocycles. The first kappa shape index (κ1) is 22.5. The van der Waals surface area contributed by atoms with Crippen molar-refractivity contribution < 1.29 is 9.53 Å². The molecule has 0 fully saturated rings. The Kier molecular flexibility index (Phi) is 6.74. The van der Waals surface area contributed by atoms with Gasteiger partial charge in [-0.05, 0) is 68.3 Å². The lowest BCUT2D eigenvalue weighted by Gasteiger charge is -2.16. The maximum atomic E-state index is 13.0. The van der Waals surface area contributed by atoms with E-state index in [1.807, 2.05) is 79.9 Å². The predicted molar refractivity (Wildman–Crippen MR) is 131 cm³/mol. The molecule has 2 aromatic carbocycles. The zero-order valence-electron chi connectivity index (χ0n) is 18.9. The van der Waals surface area contributed by atoms with Crippen LogP contribution in [0.25, 0.3) is 17.1 Å². The van der Waals surface area contributed by atoms with Crippen LogP contribution in [-0.4, -0.2) is 38.0 Å². The molecule has 1 atom stereocenters. The molecule has 4 rings (SSSR count). The maximum Gasteiger partial charge on any atom is 0.237 e. The molecular formula is C25H25N5O2S. The van der Waals surface area contributed by atoms with Gasteiger partial charge in [0.25, 0.3) is 0 Å². The lowest BCUT2D eigenvalue weighted by Crippen LogP contribution is -2.23. The van der Waals surface area contributed by atoms with E-state index >= 15 is 0 Å². The first-order chi connectivity index (χ1) is 16.0. The van der Waals surface area contributed by atoms with Crippen molar-refractivity contribution in [2.24, 2.45) is 0 Å². The Morgan fingerprint density at radius 2 is 1.67 bits per heavy atom. The second-order valence-electron chi connectivity index (χ2n) is 7.59. The van der Waals surface area contributed by atoms with E-state index in [-0.39, 0.29) is 5.91 Å². The van der Waals surface area contributed by atoms with Crippen LogP contribution in [0.3, 0.4) is 0 Å². The minimum atomic E-state index is -0.393. The third-order valence-corrected chi connectivity index (χ3v) is 6.33. The molecular weight excluding hydrogens is 434 g/mol. The third kappa shape index (κ3) is 4.90. The maximum absolute atomic E-state index is 13.0. The molecule has 1 amide bonds. The number of para-hydroxylation sites is 1. The molecule has 7 nitrogen and oxygen atoms in total. The molecule has 2 aromatic heterocycles. The molecule has 0 saturated heterocycles. The summed E-state index contributed by atoms with van der Waals surface area (Å²) >= 11 is 1.36. The van der Waals surface area contributed by atoms with Crippen molar-refractivity contribution in [2.75, 3.05) is 12.4 Å². The second kappa shape index (κ2) is 9.87. The fraction of sp³-hybridized carbons (Fsp3) is 0.200. The van der Waals surface area contributed by atoms with Crippen LogP contribution in [0.4, 0.5) is 5.69 Å². The number of rotatable bonds is 7. The van der Waals surface area contributed by atoms with Crippen LogP contribution < -0.4 is 10.1 Å². The number of nitrogens with one attached hydrogen (secondary N) is 1. The number of aromatic nitrogens is 4. The average Bonchev–Trinajstić information content (AvgIpc) is 3.25. The number of benzene rings is 2. The van der Waals surface area contributed by atoms with Gasteiger partial charge in [0.2, 0.25) is 5.91 Å². The van der Waals surface area contributed by atoms with Crippen molar-refractivity contribution in [2.45, 2.75) is 31.2 Å². The van der Waals surface area contributed by atoms with E-state index in [2.05, 4.69) is 20.5 Å². The smallest absolute Gasteiger partial charge is 0.237 e. The first-order valence-electron chi connectivity index (χ1n) is 10.5. The highest BCUT2D eigenvalue weighted by Gasteiger charge is 2.22. The fourth-order valence-electron chi connectivity index (χ4n) is 3.45. The van der Waals surface area contributed by atoms with Crippen LogP contribution in [0.15, 0.2) is 72.1 Å². The summed E-state index contributed by atoms with van der Waals surface area (Å²) < 4.78 is 7.24. The zero-order valence-corrected chi connectivity index (χ0v) is 19.8. The van der Waals surface area contributed by atoms with Crippen molar-refractivity contribution in [3.8, 4) is 22.8 Å². The van der Waals surface area contributed by atoms with Crippen LogP contribution in [0.5, 0.6) is 5.75 Å². The minimum Gasteiger partial charge on any atom is -0.497 e. The van der Waals surface area contributed by atoms with Crippen molar-refractivity contribution in [1.82, 2.24) is 19.7 Å². The molecule has 168 valence electrons. The first-order valence-corrected chi connectivity index (χ1v) is 11.4. The van der Waals surface area contributed by atoms with Crippen LogP contribution in [0.1, 0.15) is 18.1 Å². The van der Waals surface area contributed by atoms with Crippen molar-refractivity contribution >= 4 is 23.4 Å². The highest BCUT2D eigenvalue weighted by Crippen LogP contribution is 2.31. The molecule has 0 radical (unpaired) electrons. The van der Waals surface area contributed by atoms with E-state index < -0.39 is 5.25 Å². The summed E-state index contributed by atoms with van der Waals surface area (Å²) in [5.74, 6) is 1.34. The van der Waals surface area contributed by atoms with E-state index in [9.17, 15) is 4.79 Å². The van der Waals surface area contributed by atoms with Gasteiger partial charge in [0.1, 0.15) is 5.75 Å². The van der Waals surface area contributed by atoms with Gasteiger partial charge >= 0.3 is 0 Å². The number of thioether (sulfide) groups is 1. The van der Waals surface area contributed by atoms with E-state index in [4.69, 9.17) is 4.74 Å². The zero-order chi connectivity index (χ0) is 23.4. The largest absolute Gasteiger partial charge is 0.497 e. The Labute approximate surface area is 197 Å². The molecule has 0 bridgehead atoms. The van der Waals surface area contributed by atoms with Crippen LogP contribution in [0, 0.1) is 13.8 Å². The van der Waals surface area contributed by atoms with E-state index in [1.165, 1.54) is 11.8 Å². The summed E-state index contributed by atoms with van der Waals surface area (Å²) in [4.78, 5) is 17.1. The average molecular weight is 460 g/mol. The molecule has 0 spiro atoms. The number of hydrogen-bond acceptors (Lipinski definition) is 6. The van der Waals surface area contributed by atoms with E-state index in [1.54, 1.807) is 19.5 Å². The third-order valence-electron chi connectivity index (χ3n) is 5.28. The highest BCUT2D eigenvalue weighted by molar-refractivity contribution is 8.00. The summed E-state index contributed by atoms with van der Waals surface area (Å²) in [5.41, 5.74) is 4.66. The molecule has 0 aliphatic rings. The number of carbonyl (C=O) groups excluding carboxylic acids is 1. The summed E-state index contributed by atoms with van der Waals surface area (Å²) in [6, 6.07) is 17.4. The van der Waals surface area contributed by atoms with Gasteiger partial charge in [0.05, 0.1) is 12.4 Å². The monoisotopic (exact) mass is 459 g/mol. The Balaban J connectivity index is 1.65. The summed E-state index contributed by atoms with van der Waals surface area (Å²) in [6.07, 6.45) is 3.44. The molecule has 1 N–H and O–H groups in total. The van der Waals surface area contributed by atoms with E-state index in [0.29, 0.717) is 11.0 Å². The van der Waals surface area contributed by atoms with Gasteiger partial charge in [-0.25, -0.2) is 0 Å². The molecule has 4 aromatic rings. The van der Waals surface area contributed by atoms with Gasteiger partial charge in [-0.3, -0.25) is 14.3 Å². The quantitative estimate of drug-likeness (QED) is 0.389. The Bertz CT molecular complexity index is 1240. The molecule has 1 unspecified atom stereocenters. The predicted octanol–water partition coefficient (Wildman–Crippen LogP) is 5.07. The summed E-state index contributed by atoms with van der Waals surface area (Å²) in [5, 5.41) is 12.1.